The first kappa shape index (κ1) is 31.4. The van der Waals surface area contributed by atoms with Gasteiger partial charge in [-0.1, -0.05) is 159 Å². The summed E-state index contributed by atoms with van der Waals surface area (Å²) in [4.78, 5) is 0. The van der Waals surface area contributed by atoms with Gasteiger partial charge in [-0.25, -0.2) is 0 Å². The average Bonchev–Trinajstić information content (AvgIpc) is 3.73. The quantitative estimate of drug-likeness (QED) is 0.166. The lowest BCUT2D eigenvalue weighted by Gasteiger charge is -2.22. The van der Waals surface area contributed by atoms with Crippen molar-refractivity contribution < 1.29 is 4.42 Å². The molecule has 1 aliphatic carbocycles. The molecule has 0 spiro atoms. The topological polar surface area (TPSA) is 13.1 Å². The molecule has 0 amide bonds. The van der Waals surface area contributed by atoms with Crippen molar-refractivity contribution in [1.82, 2.24) is 0 Å². The van der Waals surface area contributed by atoms with Crippen LogP contribution >= 0.6 is 0 Å². The lowest BCUT2D eigenvalue weighted by Crippen LogP contribution is -2.14. The standard InChI is InChI=1S/C55H36O/c1-55(2)49-28-26-37(30-47(49)48-32-46-38(31-50(48)55)25-27-45-40-13-9-10-18-51(40)56-54(45)46)34-19-22-35(23-20-34)52-41-14-5-7-16-43(41)53(44-17-8-6-15-42(44)52)39-24-21-33-11-3-4-12-36(33)29-39/h3-32H,1-2H3. The van der Waals surface area contributed by atoms with Crippen LogP contribution in [-0.4, -0.2) is 0 Å². The molecule has 1 heteroatoms. The van der Waals surface area contributed by atoms with E-state index >= 15 is 0 Å². The fourth-order valence-electron chi connectivity index (χ4n) is 9.86. The van der Waals surface area contributed by atoms with Crippen LogP contribution in [0.25, 0.3) is 110 Å². The number of benzene rings is 10. The largest absolute Gasteiger partial charge is 0.455 e. The third-order valence-electron chi connectivity index (χ3n) is 12.6. The van der Waals surface area contributed by atoms with Crippen molar-refractivity contribution in [3.05, 3.63) is 193 Å². The van der Waals surface area contributed by atoms with Gasteiger partial charge in [0.15, 0.2) is 0 Å². The van der Waals surface area contributed by atoms with Crippen LogP contribution in [0.5, 0.6) is 0 Å². The Morgan fingerprint density at radius 1 is 0.339 bits per heavy atom. The van der Waals surface area contributed by atoms with Gasteiger partial charge in [0.25, 0.3) is 0 Å². The molecular formula is C55H36O. The summed E-state index contributed by atoms with van der Waals surface area (Å²) in [5, 5.41) is 12.3. The molecular weight excluding hydrogens is 677 g/mol. The molecule has 1 heterocycles. The summed E-state index contributed by atoms with van der Waals surface area (Å²) < 4.78 is 6.50. The van der Waals surface area contributed by atoms with Crippen LogP contribution in [0.4, 0.5) is 0 Å². The number of furan rings is 1. The maximum absolute atomic E-state index is 6.50. The van der Waals surface area contributed by atoms with Gasteiger partial charge < -0.3 is 4.42 Å². The molecule has 0 bridgehead atoms. The van der Waals surface area contributed by atoms with Gasteiger partial charge in [0.05, 0.1) is 0 Å². The molecule has 0 unspecified atom stereocenters. The van der Waals surface area contributed by atoms with E-state index in [1.165, 1.54) is 109 Å². The third kappa shape index (κ3) is 4.43. The van der Waals surface area contributed by atoms with Crippen LogP contribution in [0.1, 0.15) is 25.0 Å². The van der Waals surface area contributed by atoms with Crippen LogP contribution in [0, 0.1) is 0 Å². The molecule has 0 saturated carbocycles. The summed E-state index contributed by atoms with van der Waals surface area (Å²) >= 11 is 0. The van der Waals surface area contributed by atoms with Gasteiger partial charge in [0.1, 0.15) is 11.2 Å². The van der Waals surface area contributed by atoms with Crippen molar-refractivity contribution in [3.8, 4) is 44.5 Å². The Morgan fingerprint density at radius 2 is 0.893 bits per heavy atom. The maximum Gasteiger partial charge on any atom is 0.143 e. The van der Waals surface area contributed by atoms with E-state index in [1.807, 2.05) is 6.07 Å². The van der Waals surface area contributed by atoms with Gasteiger partial charge in [-0.05, 0) is 130 Å². The fourth-order valence-corrected chi connectivity index (χ4v) is 9.86. The highest BCUT2D eigenvalue weighted by Gasteiger charge is 2.36. The summed E-state index contributed by atoms with van der Waals surface area (Å²) in [6, 6.07) is 67.3. The summed E-state index contributed by atoms with van der Waals surface area (Å²) in [7, 11) is 0. The Bertz CT molecular complexity index is 3370. The summed E-state index contributed by atoms with van der Waals surface area (Å²) in [6.07, 6.45) is 0. The van der Waals surface area contributed by atoms with Crippen LogP contribution in [0.2, 0.25) is 0 Å². The summed E-state index contributed by atoms with van der Waals surface area (Å²) in [5.41, 5.74) is 14.6. The van der Waals surface area contributed by atoms with Crippen LogP contribution in [-0.2, 0) is 5.41 Å². The van der Waals surface area contributed by atoms with Gasteiger partial charge in [-0.2, -0.15) is 0 Å². The fraction of sp³-hybridized carbons (Fsp3) is 0.0545. The molecule has 1 aliphatic rings. The number of fused-ring (bicyclic) bond motifs is 11. The highest BCUT2D eigenvalue weighted by molar-refractivity contribution is 6.22. The molecule has 0 radical (unpaired) electrons. The Morgan fingerprint density at radius 3 is 1.62 bits per heavy atom. The Labute approximate surface area is 325 Å². The number of hydrogen-bond acceptors (Lipinski definition) is 1. The third-order valence-corrected chi connectivity index (χ3v) is 12.6. The van der Waals surface area contributed by atoms with Gasteiger partial charge >= 0.3 is 0 Å². The minimum atomic E-state index is -0.106. The second-order valence-corrected chi connectivity index (χ2v) is 16.0. The summed E-state index contributed by atoms with van der Waals surface area (Å²) in [5.74, 6) is 0. The zero-order valence-electron chi connectivity index (χ0n) is 31.2. The normalized spacial score (nSPS) is 13.3. The molecule has 56 heavy (non-hydrogen) atoms. The second-order valence-electron chi connectivity index (χ2n) is 16.0. The lowest BCUT2D eigenvalue weighted by molar-refractivity contribution is 0.661. The molecule has 262 valence electrons. The van der Waals surface area contributed by atoms with Crippen molar-refractivity contribution >= 4 is 65.0 Å². The van der Waals surface area contributed by atoms with E-state index in [4.69, 9.17) is 4.42 Å². The minimum absolute atomic E-state index is 0.106. The number of hydrogen-bond donors (Lipinski definition) is 0. The lowest BCUT2D eigenvalue weighted by atomic mass is 9.81. The maximum atomic E-state index is 6.50. The first-order chi connectivity index (χ1) is 27.5. The molecule has 0 atom stereocenters. The van der Waals surface area contributed by atoms with E-state index in [-0.39, 0.29) is 5.41 Å². The van der Waals surface area contributed by atoms with Crippen molar-refractivity contribution in [2.75, 3.05) is 0 Å². The molecule has 0 saturated heterocycles. The monoisotopic (exact) mass is 712 g/mol. The van der Waals surface area contributed by atoms with Crippen molar-refractivity contribution in [1.29, 1.82) is 0 Å². The summed E-state index contributed by atoms with van der Waals surface area (Å²) in [6.45, 7) is 4.72. The predicted octanol–water partition coefficient (Wildman–Crippen LogP) is 15.5. The first-order valence-corrected chi connectivity index (χ1v) is 19.6. The van der Waals surface area contributed by atoms with Crippen molar-refractivity contribution in [2.45, 2.75) is 19.3 Å². The molecule has 1 nitrogen and oxygen atoms in total. The minimum Gasteiger partial charge on any atom is -0.455 e. The Kier molecular flexibility index (Phi) is 6.46. The molecule has 0 N–H and O–H groups in total. The Hall–Kier alpha value is -6.96. The highest BCUT2D eigenvalue weighted by atomic mass is 16.3. The molecule has 0 aliphatic heterocycles. The second kappa shape index (κ2) is 11.5. The number of para-hydroxylation sites is 1. The molecule has 1 aromatic heterocycles. The van der Waals surface area contributed by atoms with Crippen molar-refractivity contribution in [2.24, 2.45) is 0 Å². The van der Waals surface area contributed by atoms with Crippen LogP contribution < -0.4 is 0 Å². The van der Waals surface area contributed by atoms with Crippen LogP contribution in [0.15, 0.2) is 186 Å². The smallest absolute Gasteiger partial charge is 0.143 e. The van der Waals surface area contributed by atoms with E-state index < -0.39 is 0 Å². The van der Waals surface area contributed by atoms with Gasteiger partial charge in [0.2, 0.25) is 0 Å². The van der Waals surface area contributed by atoms with E-state index in [0.717, 1.165) is 11.2 Å². The Balaban J connectivity index is 0.988. The average molecular weight is 713 g/mol. The van der Waals surface area contributed by atoms with Crippen LogP contribution in [0.3, 0.4) is 0 Å². The van der Waals surface area contributed by atoms with E-state index in [2.05, 4.69) is 190 Å². The van der Waals surface area contributed by atoms with E-state index in [0.29, 0.717) is 0 Å². The zero-order chi connectivity index (χ0) is 37.1. The SMILES string of the molecule is CC1(C)c2ccc(-c3ccc(-c4c5ccccc5c(-c5ccc6ccccc6c5)c5ccccc45)cc3)cc2-c2cc3c(ccc4c5ccccc5oc34)cc21. The molecule has 0 fully saturated rings. The van der Waals surface area contributed by atoms with E-state index in [9.17, 15) is 0 Å². The van der Waals surface area contributed by atoms with Crippen molar-refractivity contribution in [3.63, 3.8) is 0 Å². The molecule has 12 rings (SSSR count). The van der Waals surface area contributed by atoms with E-state index in [1.54, 1.807) is 0 Å². The number of rotatable bonds is 3. The van der Waals surface area contributed by atoms with Gasteiger partial charge in [0, 0.05) is 21.6 Å². The van der Waals surface area contributed by atoms with Gasteiger partial charge in [-0.15, -0.1) is 0 Å². The predicted molar refractivity (Wildman–Crippen MR) is 238 cm³/mol. The molecule has 11 aromatic rings. The van der Waals surface area contributed by atoms with Gasteiger partial charge in [-0.3, -0.25) is 0 Å². The first-order valence-electron chi connectivity index (χ1n) is 19.6. The zero-order valence-corrected chi connectivity index (χ0v) is 31.2. The molecule has 10 aromatic carbocycles. The highest BCUT2D eigenvalue weighted by Crippen LogP contribution is 2.52.